The van der Waals surface area contributed by atoms with Crippen molar-refractivity contribution < 1.29 is 4.74 Å². The minimum atomic E-state index is 0. The molecule has 0 unspecified atom stereocenters. The summed E-state index contributed by atoms with van der Waals surface area (Å²) in [6, 6.07) is 2.27. The van der Waals surface area contributed by atoms with Gasteiger partial charge in [-0.3, -0.25) is 9.89 Å². The fourth-order valence-electron chi connectivity index (χ4n) is 3.81. The van der Waals surface area contributed by atoms with Crippen LogP contribution < -0.4 is 10.6 Å². The van der Waals surface area contributed by atoms with E-state index in [4.69, 9.17) is 4.74 Å². The highest BCUT2D eigenvalue weighted by atomic mass is 127. The zero-order chi connectivity index (χ0) is 18.0. The van der Waals surface area contributed by atoms with Crippen LogP contribution in [0.3, 0.4) is 0 Å². The van der Waals surface area contributed by atoms with E-state index in [1.54, 1.807) is 4.88 Å². The van der Waals surface area contributed by atoms with Crippen LogP contribution in [0.15, 0.2) is 16.4 Å². The molecule has 7 heteroatoms. The van der Waals surface area contributed by atoms with E-state index in [1.165, 1.54) is 50.6 Å². The first-order valence-electron chi connectivity index (χ1n) is 10.2. The number of rotatable bonds is 8. The molecule has 0 saturated heterocycles. The Morgan fingerprint density at radius 2 is 2.07 bits per heavy atom. The minimum absolute atomic E-state index is 0. The van der Waals surface area contributed by atoms with E-state index in [1.807, 2.05) is 18.4 Å². The summed E-state index contributed by atoms with van der Waals surface area (Å²) in [6.07, 6.45) is 9.30. The maximum atomic E-state index is 5.97. The molecule has 0 aromatic carbocycles. The topological polar surface area (TPSA) is 48.9 Å². The lowest BCUT2D eigenvalue weighted by Crippen LogP contribution is -2.42. The molecule has 1 aromatic heterocycles. The Morgan fingerprint density at radius 1 is 1.26 bits per heavy atom. The fraction of sp³-hybridized carbons (Fsp3) is 0.750. The van der Waals surface area contributed by atoms with Gasteiger partial charge >= 0.3 is 0 Å². The average Bonchev–Trinajstić information content (AvgIpc) is 3.15. The Kier molecular flexibility index (Phi) is 11.0. The third-order valence-electron chi connectivity index (χ3n) is 5.35. The van der Waals surface area contributed by atoms with Crippen molar-refractivity contribution in [3.63, 3.8) is 0 Å². The summed E-state index contributed by atoms with van der Waals surface area (Å²) in [5, 5.41) is 9.05. The predicted octanol–water partition coefficient (Wildman–Crippen LogP) is 3.63. The number of hydrogen-bond donors (Lipinski definition) is 2. The largest absolute Gasteiger partial charge is 0.378 e. The average molecular weight is 506 g/mol. The Balaban J connectivity index is 0.00000261. The molecule has 154 valence electrons. The van der Waals surface area contributed by atoms with Gasteiger partial charge in [-0.25, -0.2) is 0 Å². The van der Waals surface area contributed by atoms with E-state index in [-0.39, 0.29) is 24.0 Å². The van der Waals surface area contributed by atoms with Crippen molar-refractivity contribution in [3.05, 3.63) is 21.9 Å². The van der Waals surface area contributed by atoms with Crippen molar-refractivity contribution in [2.24, 2.45) is 4.99 Å². The molecular formula is C20H35IN4OS. The quantitative estimate of drug-likeness (QED) is 0.245. The number of hydrogen-bond acceptors (Lipinski definition) is 4. The molecule has 1 saturated carbocycles. The Labute approximate surface area is 185 Å². The molecule has 1 aliphatic heterocycles. The highest BCUT2D eigenvalue weighted by molar-refractivity contribution is 14.0. The van der Waals surface area contributed by atoms with Crippen molar-refractivity contribution in [1.29, 1.82) is 0 Å². The van der Waals surface area contributed by atoms with Crippen LogP contribution in [0.1, 0.15) is 49.0 Å². The van der Waals surface area contributed by atoms with Gasteiger partial charge in [0, 0.05) is 51.3 Å². The van der Waals surface area contributed by atoms with E-state index in [9.17, 15) is 0 Å². The molecule has 3 rings (SSSR count). The van der Waals surface area contributed by atoms with E-state index in [0.717, 1.165) is 45.2 Å². The van der Waals surface area contributed by atoms with Crippen molar-refractivity contribution in [2.45, 2.75) is 57.6 Å². The van der Waals surface area contributed by atoms with Gasteiger partial charge < -0.3 is 15.4 Å². The minimum Gasteiger partial charge on any atom is -0.378 e. The van der Waals surface area contributed by atoms with Gasteiger partial charge in [0.25, 0.3) is 0 Å². The maximum Gasteiger partial charge on any atom is 0.191 e. The molecule has 27 heavy (non-hydrogen) atoms. The monoisotopic (exact) mass is 506 g/mol. The summed E-state index contributed by atoms with van der Waals surface area (Å²) in [6.45, 7) is 6.00. The van der Waals surface area contributed by atoms with Gasteiger partial charge in [0.05, 0.1) is 6.10 Å². The van der Waals surface area contributed by atoms with E-state index < -0.39 is 0 Å². The zero-order valence-corrected chi connectivity index (χ0v) is 19.7. The molecule has 2 N–H and O–H groups in total. The highest BCUT2D eigenvalue weighted by Crippen LogP contribution is 2.23. The Hall–Kier alpha value is -0.380. The second-order valence-corrected chi connectivity index (χ2v) is 8.31. The third-order valence-corrected chi connectivity index (χ3v) is 6.37. The number of nitrogens with one attached hydrogen (secondary N) is 2. The molecule has 0 spiro atoms. The summed E-state index contributed by atoms with van der Waals surface area (Å²) in [5.74, 6) is 0.899. The van der Waals surface area contributed by atoms with Gasteiger partial charge in [0.1, 0.15) is 0 Å². The van der Waals surface area contributed by atoms with Crippen LogP contribution in [-0.4, -0.2) is 56.8 Å². The number of aliphatic imine (C=N–C) groups is 1. The summed E-state index contributed by atoms with van der Waals surface area (Å²) in [5.41, 5.74) is 1.52. The number of ether oxygens (including phenoxy) is 1. The van der Waals surface area contributed by atoms with Gasteiger partial charge in [-0.05, 0) is 42.7 Å². The molecular weight excluding hydrogens is 471 g/mol. The van der Waals surface area contributed by atoms with Crippen LogP contribution in [-0.2, 0) is 17.7 Å². The third kappa shape index (κ3) is 7.87. The summed E-state index contributed by atoms with van der Waals surface area (Å²) in [7, 11) is 1.84. The zero-order valence-electron chi connectivity index (χ0n) is 16.5. The van der Waals surface area contributed by atoms with E-state index in [2.05, 4.69) is 32.0 Å². The standard InChI is InChI=1S/C20H34N4OS.HI/c1-21-20(22-10-5-14-25-18-6-3-2-4-7-18)23-11-13-24-12-8-19-17(16-24)9-15-26-19;/h9,15,18H,2-8,10-14,16H2,1H3,(H2,21,22,23);1H. The van der Waals surface area contributed by atoms with Crippen LogP contribution in [0.2, 0.25) is 0 Å². The molecule has 0 bridgehead atoms. The van der Waals surface area contributed by atoms with E-state index >= 15 is 0 Å². The number of guanidine groups is 1. The summed E-state index contributed by atoms with van der Waals surface area (Å²) < 4.78 is 5.97. The van der Waals surface area contributed by atoms with Crippen LogP contribution >= 0.6 is 35.3 Å². The van der Waals surface area contributed by atoms with Crippen LogP contribution in [0.4, 0.5) is 0 Å². The summed E-state index contributed by atoms with van der Waals surface area (Å²) in [4.78, 5) is 8.42. The highest BCUT2D eigenvalue weighted by Gasteiger charge is 2.16. The van der Waals surface area contributed by atoms with Crippen molar-refractivity contribution >= 4 is 41.3 Å². The van der Waals surface area contributed by atoms with Gasteiger partial charge in [-0.2, -0.15) is 0 Å². The van der Waals surface area contributed by atoms with Crippen molar-refractivity contribution in [2.75, 3.05) is 39.8 Å². The molecule has 5 nitrogen and oxygen atoms in total. The smallest absolute Gasteiger partial charge is 0.191 e. The van der Waals surface area contributed by atoms with Crippen molar-refractivity contribution in [3.8, 4) is 0 Å². The number of nitrogens with zero attached hydrogens (tertiary/aromatic N) is 2. The van der Waals surface area contributed by atoms with Gasteiger partial charge in [0.2, 0.25) is 0 Å². The lowest BCUT2D eigenvalue weighted by molar-refractivity contribution is 0.0277. The number of thiophene rings is 1. The molecule has 0 atom stereocenters. The Morgan fingerprint density at radius 3 is 2.89 bits per heavy atom. The lowest BCUT2D eigenvalue weighted by Gasteiger charge is -2.27. The normalized spacial score (nSPS) is 18.6. The predicted molar refractivity (Wildman–Crippen MR) is 126 cm³/mol. The first-order valence-corrected chi connectivity index (χ1v) is 11.1. The molecule has 2 aliphatic rings. The molecule has 0 radical (unpaired) electrons. The molecule has 1 fully saturated rings. The van der Waals surface area contributed by atoms with Crippen molar-refractivity contribution in [1.82, 2.24) is 15.5 Å². The second kappa shape index (κ2) is 13.0. The summed E-state index contributed by atoms with van der Waals surface area (Å²) >= 11 is 1.90. The molecule has 1 aliphatic carbocycles. The van der Waals surface area contributed by atoms with Gasteiger partial charge in [-0.15, -0.1) is 35.3 Å². The molecule has 2 heterocycles. The number of fused-ring (bicyclic) bond motifs is 1. The maximum absolute atomic E-state index is 5.97. The van der Waals surface area contributed by atoms with Gasteiger partial charge in [0.15, 0.2) is 5.96 Å². The number of halogens is 1. The van der Waals surface area contributed by atoms with Crippen LogP contribution in [0.25, 0.3) is 0 Å². The first kappa shape index (κ1) is 22.9. The Bertz CT molecular complexity index is 560. The fourth-order valence-corrected chi connectivity index (χ4v) is 4.70. The second-order valence-electron chi connectivity index (χ2n) is 7.31. The molecule has 0 amide bonds. The van der Waals surface area contributed by atoms with Crippen LogP contribution in [0, 0.1) is 0 Å². The van der Waals surface area contributed by atoms with Gasteiger partial charge in [-0.1, -0.05) is 19.3 Å². The lowest BCUT2D eigenvalue weighted by atomic mass is 9.98. The van der Waals surface area contributed by atoms with Crippen LogP contribution in [0.5, 0.6) is 0 Å². The SMILES string of the molecule is CN=C(NCCCOC1CCCCC1)NCCN1CCc2sccc2C1.I. The molecule has 1 aromatic rings. The van der Waals surface area contributed by atoms with E-state index in [0.29, 0.717) is 6.10 Å². The first-order chi connectivity index (χ1) is 12.8.